The van der Waals surface area contributed by atoms with Gasteiger partial charge in [0.15, 0.2) is 5.13 Å². The van der Waals surface area contributed by atoms with Crippen molar-refractivity contribution in [2.24, 2.45) is 0 Å². The van der Waals surface area contributed by atoms with Crippen LogP contribution in [0.4, 0.5) is 9.93 Å². The number of para-hydroxylation sites is 1. The Kier molecular flexibility index (Phi) is 4.58. The largest absolute Gasteiger partial charge is 0.325 e. The van der Waals surface area contributed by atoms with Crippen LogP contribution in [0.15, 0.2) is 48.5 Å². The first-order valence-corrected chi connectivity index (χ1v) is 9.94. The zero-order chi connectivity index (χ0) is 20.8. The van der Waals surface area contributed by atoms with Crippen LogP contribution in [-0.4, -0.2) is 41.3 Å². The van der Waals surface area contributed by atoms with Gasteiger partial charge >= 0.3 is 6.03 Å². The second-order valence-electron chi connectivity index (χ2n) is 7.23. The van der Waals surface area contributed by atoms with Gasteiger partial charge < -0.3 is 5.32 Å². The third-order valence-corrected chi connectivity index (χ3v) is 6.25. The molecule has 4 amide bonds. The monoisotopic (exact) mass is 408 g/mol. The molecule has 1 atom stereocenters. The van der Waals surface area contributed by atoms with Crippen LogP contribution in [-0.2, 0) is 15.1 Å². The molecule has 1 saturated heterocycles. The molecule has 0 bridgehead atoms. The summed E-state index contributed by atoms with van der Waals surface area (Å²) in [5.41, 5.74) is 1.34. The molecule has 1 N–H and O–H groups in total. The van der Waals surface area contributed by atoms with Crippen molar-refractivity contribution in [1.82, 2.24) is 15.2 Å². The molecule has 8 heteroatoms. The van der Waals surface area contributed by atoms with Gasteiger partial charge in [0.05, 0.1) is 10.2 Å². The van der Waals surface area contributed by atoms with Gasteiger partial charge in [-0.2, -0.15) is 0 Å². The number of aryl methyl sites for hydroxylation is 1. The van der Waals surface area contributed by atoms with E-state index in [0.29, 0.717) is 10.7 Å². The van der Waals surface area contributed by atoms with Crippen molar-refractivity contribution in [1.29, 1.82) is 0 Å². The summed E-state index contributed by atoms with van der Waals surface area (Å²) in [5, 5.41) is 3.24. The summed E-state index contributed by atoms with van der Waals surface area (Å²) in [7, 11) is 1.59. The number of likely N-dealkylation sites (N-methyl/N-ethyl adjacent to an activating group) is 1. The Bertz CT molecular complexity index is 1090. The Morgan fingerprint density at radius 1 is 1.17 bits per heavy atom. The molecular weight excluding hydrogens is 388 g/mol. The average Bonchev–Trinajstić information content (AvgIpc) is 3.23. The van der Waals surface area contributed by atoms with Gasteiger partial charge in [-0.25, -0.2) is 9.78 Å². The number of urea groups is 1. The number of fused-ring (bicyclic) bond motifs is 1. The lowest BCUT2D eigenvalue weighted by Gasteiger charge is -2.23. The molecule has 0 spiro atoms. The van der Waals surface area contributed by atoms with Crippen molar-refractivity contribution in [2.45, 2.75) is 19.4 Å². The van der Waals surface area contributed by atoms with Gasteiger partial charge in [0, 0.05) is 7.05 Å². The number of hydrogen-bond acceptors (Lipinski definition) is 5. The highest BCUT2D eigenvalue weighted by Gasteiger charge is 2.49. The van der Waals surface area contributed by atoms with Crippen LogP contribution in [0.3, 0.4) is 0 Å². The summed E-state index contributed by atoms with van der Waals surface area (Å²) in [6.45, 7) is 3.25. The molecule has 1 aliphatic heterocycles. The highest BCUT2D eigenvalue weighted by atomic mass is 32.1. The first kappa shape index (κ1) is 19.1. The van der Waals surface area contributed by atoms with Crippen LogP contribution in [0.1, 0.15) is 18.1 Å². The van der Waals surface area contributed by atoms with Gasteiger partial charge in [0.25, 0.3) is 5.91 Å². The maximum absolute atomic E-state index is 13.0. The Morgan fingerprint density at radius 2 is 1.86 bits per heavy atom. The molecule has 1 aromatic heterocycles. The molecule has 2 heterocycles. The van der Waals surface area contributed by atoms with Crippen LogP contribution in [0.2, 0.25) is 0 Å². The summed E-state index contributed by atoms with van der Waals surface area (Å²) in [4.78, 5) is 45.1. The minimum Gasteiger partial charge on any atom is -0.319 e. The zero-order valence-corrected chi connectivity index (χ0v) is 17.1. The third kappa shape index (κ3) is 3.25. The molecule has 1 unspecified atom stereocenters. The topological polar surface area (TPSA) is 82.6 Å². The molecule has 29 heavy (non-hydrogen) atoms. The number of nitrogens with zero attached hydrogens (tertiary/aromatic N) is 3. The summed E-state index contributed by atoms with van der Waals surface area (Å²) >= 11 is 1.38. The predicted molar refractivity (Wildman–Crippen MR) is 112 cm³/mol. The number of imide groups is 1. The molecule has 4 rings (SSSR count). The normalized spacial score (nSPS) is 18.9. The van der Waals surface area contributed by atoms with E-state index in [0.717, 1.165) is 20.7 Å². The standard InChI is InChI=1S/C21H20N4O3S/c1-13-8-10-14(11-9-13)21(2)18(27)25(19(28)23-21)12-17(26)24(3)20-22-15-6-4-5-7-16(15)29-20/h4-11H,12H2,1-3H3,(H,23,28). The highest BCUT2D eigenvalue weighted by Crippen LogP contribution is 2.30. The summed E-state index contributed by atoms with van der Waals surface area (Å²) in [6.07, 6.45) is 0. The Balaban J connectivity index is 1.54. The van der Waals surface area contributed by atoms with Gasteiger partial charge in [0.1, 0.15) is 12.1 Å². The van der Waals surface area contributed by atoms with Crippen molar-refractivity contribution in [3.8, 4) is 0 Å². The zero-order valence-electron chi connectivity index (χ0n) is 16.3. The molecule has 1 fully saturated rings. The lowest BCUT2D eigenvalue weighted by Crippen LogP contribution is -2.43. The minimum absolute atomic E-state index is 0.349. The lowest BCUT2D eigenvalue weighted by atomic mass is 9.91. The first-order valence-electron chi connectivity index (χ1n) is 9.13. The molecule has 2 aromatic carbocycles. The van der Waals surface area contributed by atoms with E-state index in [1.807, 2.05) is 55.5 Å². The van der Waals surface area contributed by atoms with Gasteiger partial charge in [-0.15, -0.1) is 0 Å². The maximum atomic E-state index is 13.0. The molecule has 7 nitrogen and oxygen atoms in total. The number of aromatic nitrogens is 1. The van der Waals surface area contributed by atoms with Crippen molar-refractivity contribution >= 4 is 44.5 Å². The van der Waals surface area contributed by atoms with E-state index in [9.17, 15) is 14.4 Å². The van der Waals surface area contributed by atoms with E-state index in [4.69, 9.17) is 0 Å². The van der Waals surface area contributed by atoms with Crippen molar-refractivity contribution < 1.29 is 14.4 Å². The fourth-order valence-corrected chi connectivity index (χ4v) is 4.22. The second kappa shape index (κ2) is 6.97. The fourth-order valence-electron chi connectivity index (χ4n) is 3.27. The van der Waals surface area contributed by atoms with Crippen molar-refractivity contribution in [2.75, 3.05) is 18.5 Å². The maximum Gasteiger partial charge on any atom is 0.325 e. The van der Waals surface area contributed by atoms with E-state index < -0.39 is 17.5 Å². The van der Waals surface area contributed by atoms with Crippen LogP contribution in [0.25, 0.3) is 10.2 Å². The number of hydrogen-bond donors (Lipinski definition) is 1. The summed E-state index contributed by atoms with van der Waals surface area (Å²) in [6, 6.07) is 14.4. The number of rotatable bonds is 4. The van der Waals surface area contributed by atoms with Gasteiger partial charge in [-0.3, -0.25) is 19.4 Å². The Hall–Kier alpha value is -3.26. The quantitative estimate of drug-likeness (QED) is 0.673. The van der Waals surface area contributed by atoms with Gasteiger partial charge in [-0.1, -0.05) is 53.3 Å². The Labute approximate surface area is 171 Å². The van der Waals surface area contributed by atoms with Crippen LogP contribution in [0.5, 0.6) is 0 Å². The highest BCUT2D eigenvalue weighted by molar-refractivity contribution is 7.22. The Morgan fingerprint density at radius 3 is 2.55 bits per heavy atom. The van der Waals surface area contributed by atoms with Crippen molar-refractivity contribution in [3.05, 3.63) is 59.7 Å². The fraction of sp³-hybridized carbons (Fsp3) is 0.238. The molecular formula is C21H20N4O3S. The minimum atomic E-state index is -1.19. The number of carbonyl (C=O) groups excluding carboxylic acids is 3. The van der Waals surface area contributed by atoms with Crippen LogP contribution < -0.4 is 10.2 Å². The SMILES string of the molecule is Cc1ccc(C2(C)NC(=O)N(CC(=O)N(C)c3nc4ccccc4s3)C2=O)cc1. The van der Waals surface area contributed by atoms with E-state index in [2.05, 4.69) is 10.3 Å². The average molecular weight is 408 g/mol. The van der Waals surface area contributed by atoms with Gasteiger partial charge in [-0.05, 0) is 31.5 Å². The van der Waals surface area contributed by atoms with E-state index in [1.54, 1.807) is 14.0 Å². The molecule has 148 valence electrons. The third-order valence-electron chi connectivity index (χ3n) is 5.14. The van der Waals surface area contributed by atoms with Crippen LogP contribution in [0, 0.1) is 6.92 Å². The summed E-state index contributed by atoms with van der Waals surface area (Å²) < 4.78 is 0.962. The second-order valence-corrected chi connectivity index (χ2v) is 8.24. The number of benzene rings is 2. The molecule has 0 radical (unpaired) electrons. The van der Waals surface area contributed by atoms with E-state index in [-0.39, 0.29) is 12.5 Å². The first-order chi connectivity index (χ1) is 13.8. The van der Waals surface area contributed by atoms with Gasteiger partial charge in [0.2, 0.25) is 5.91 Å². The molecule has 0 saturated carbocycles. The van der Waals surface area contributed by atoms with E-state index >= 15 is 0 Å². The molecule has 3 aromatic rings. The van der Waals surface area contributed by atoms with E-state index in [1.165, 1.54) is 16.2 Å². The van der Waals surface area contributed by atoms with Crippen LogP contribution >= 0.6 is 11.3 Å². The number of nitrogens with one attached hydrogen (secondary N) is 1. The molecule has 1 aliphatic rings. The summed E-state index contributed by atoms with van der Waals surface area (Å²) in [5.74, 6) is -0.835. The predicted octanol–water partition coefficient (Wildman–Crippen LogP) is 3.03. The van der Waals surface area contributed by atoms with Crippen molar-refractivity contribution in [3.63, 3.8) is 0 Å². The molecule has 0 aliphatic carbocycles. The lowest BCUT2D eigenvalue weighted by molar-refractivity contribution is -0.134. The number of anilines is 1. The number of amides is 4. The number of carbonyl (C=O) groups is 3. The smallest absolute Gasteiger partial charge is 0.319 e. The number of thiazole rings is 1.